The van der Waals surface area contributed by atoms with Gasteiger partial charge < -0.3 is 15.0 Å². The third kappa shape index (κ3) is 6.20. The molecular formula is C24H29ClFN3O3. The van der Waals surface area contributed by atoms with E-state index in [9.17, 15) is 14.0 Å². The Bertz CT molecular complexity index is 944. The lowest BCUT2D eigenvalue weighted by Gasteiger charge is -2.36. The molecule has 2 aromatic carbocycles. The summed E-state index contributed by atoms with van der Waals surface area (Å²) >= 11 is 5.78. The minimum Gasteiger partial charge on any atom is -0.484 e. The van der Waals surface area contributed by atoms with Crippen molar-refractivity contribution in [3.05, 3.63) is 64.4 Å². The topological polar surface area (TPSA) is 61.9 Å². The third-order valence-electron chi connectivity index (χ3n) is 5.82. The number of nitrogens with zero attached hydrogens (tertiary/aromatic N) is 2. The number of rotatable bonds is 7. The molecule has 1 aliphatic rings. The molecule has 3 rings (SSSR count). The molecule has 0 radical (unpaired) electrons. The highest BCUT2D eigenvalue weighted by Crippen LogP contribution is 2.26. The van der Waals surface area contributed by atoms with Gasteiger partial charge in [0.1, 0.15) is 11.6 Å². The van der Waals surface area contributed by atoms with Crippen LogP contribution in [0, 0.1) is 5.82 Å². The van der Waals surface area contributed by atoms with Crippen LogP contribution in [-0.2, 0) is 4.79 Å². The molecule has 1 saturated heterocycles. The number of piperidine rings is 1. The van der Waals surface area contributed by atoms with Crippen LogP contribution in [-0.4, -0.2) is 61.4 Å². The summed E-state index contributed by atoms with van der Waals surface area (Å²) in [7, 11) is 3.40. The molecule has 172 valence electrons. The summed E-state index contributed by atoms with van der Waals surface area (Å²) in [6, 6.07) is 12.1. The number of likely N-dealkylation sites (N-methyl/N-ethyl adjacent to an activating group) is 1. The van der Waals surface area contributed by atoms with Gasteiger partial charge in [-0.2, -0.15) is 0 Å². The molecule has 2 aromatic rings. The monoisotopic (exact) mass is 461 g/mol. The van der Waals surface area contributed by atoms with E-state index in [1.54, 1.807) is 14.1 Å². The number of benzene rings is 2. The quantitative estimate of drug-likeness (QED) is 0.679. The van der Waals surface area contributed by atoms with E-state index in [4.69, 9.17) is 16.3 Å². The fourth-order valence-electron chi connectivity index (χ4n) is 3.66. The highest BCUT2D eigenvalue weighted by molar-refractivity contribution is 6.31. The van der Waals surface area contributed by atoms with Crippen molar-refractivity contribution in [2.75, 3.05) is 33.8 Å². The van der Waals surface area contributed by atoms with Crippen LogP contribution in [0.2, 0.25) is 5.02 Å². The zero-order chi connectivity index (χ0) is 23.3. The summed E-state index contributed by atoms with van der Waals surface area (Å²) in [5.74, 6) is -0.188. The van der Waals surface area contributed by atoms with E-state index in [-0.39, 0.29) is 35.5 Å². The lowest BCUT2D eigenvalue weighted by molar-refractivity contribution is -0.130. The van der Waals surface area contributed by atoms with E-state index in [1.807, 2.05) is 24.3 Å². The molecule has 1 heterocycles. The average molecular weight is 462 g/mol. The van der Waals surface area contributed by atoms with Gasteiger partial charge in [-0.3, -0.25) is 14.5 Å². The molecule has 0 aromatic heterocycles. The van der Waals surface area contributed by atoms with E-state index >= 15 is 0 Å². The average Bonchev–Trinajstić information content (AvgIpc) is 2.79. The van der Waals surface area contributed by atoms with Crippen molar-refractivity contribution in [2.24, 2.45) is 0 Å². The van der Waals surface area contributed by atoms with Crippen LogP contribution in [0.5, 0.6) is 5.75 Å². The second-order valence-corrected chi connectivity index (χ2v) is 8.64. The van der Waals surface area contributed by atoms with E-state index in [2.05, 4.69) is 17.1 Å². The van der Waals surface area contributed by atoms with Crippen molar-refractivity contribution in [1.82, 2.24) is 15.1 Å². The van der Waals surface area contributed by atoms with Crippen molar-refractivity contribution in [3.8, 4) is 5.75 Å². The van der Waals surface area contributed by atoms with Crippen molar-refractivity contribution >= 4 is 23.4 Å². The van der Waals surface area contributed by atoms with Crippen molar-refractivity contribution < 1.29 is 18.7 Å². The fourth-order valence-corrected chi connectivity index (χ4v) is 3.85. The Morgan fingerprint density at radius 3 is 2.44 bits per heavy atom. The number of hydrogen-bond donors (Lipinski definition) is 1. The smallest absolute Gasteiger partial charge is 0.259 e. The van der Waals surface area contributed by atoms with Gasteiger partial charge in [0.25, 0.3) is 11.8 Å². The maximum absolute atomic E-state index is 13.3. The third-order valence-corrected chi connectivity index (χ3v) is 6.11. The maximum atomic E-state index is 13.3. The number of likely N-dealkylation sites (tertiary alicyclic amines) is 1. The summed E-state index contributed by atoms with van der Waals surface area (Å²) in [5, 5.41) is 2.97. The normalized spacial score (nSPS) is 15.8. The first-order valence-corrected chi connectivity index (χ1v) is 11.0. The van der Waals surface area contributed by atoms with Crippen LogP contribution in [0.25, 0.3) is 0 Å². The molecule has 0 spiro atoms. The second kappa shape index (κ2) is 10.8. The van der Waals surface area contributed by atoms with Gasteiger partial charge in [-0.25, -0.2) is 4.39 Å². The second-order valence-electron chi connectivity index (χ2n) is 8.23. The minimum atomic E-state index is -0.535. The summed E-state index contributed by atoms with van der Waals surface area (Å²) in [6.07, 6.45) is 1.66. The first-order chi connectivity index (χ1) is 15.2. The van der Waals surface area contributed by atoms with Gasteiger partial charge in [-0.15, -0.1) is 0 Å². The van der Waals surface area contributed by atoms with Crippen LogP contribution >= 0.6 is 11.6 Å². The van der Waals surface area contributed by atoms with Gasteiger partial charge in [0.05, 0.1) is 5.02 Å². The number of carbonyl (C=O) groups is 2. The van der Waals surface area contributed by atoms with Crippen LogP contribution in [0.15, 0.2) is 42.5 Å². The lowest BCUT2D eigenvalue weighted by Crippen LogP contribution is -2.45. The van der Waals surface area contributed by atoms with Crippen molar-refractivity contribution in [1.29, 1.82) is 0 Å². The van der Waals surface area contributed by atoms with E-state index in [1.165, 1.54) is 28.7 Å². The SMILES string of the molecule is CC(c1ccc(OCC(=O)N(C)C)cc1)N1CCC(NC(=O)c2ccc(F)c(Cl)c2)CC1. The van der Waals surface area contributed by atoms with Gasteiger partial charge in [0.2, 0.25) is 0 Å². The van der Waals surface area contributed by atoms with Crippen LogP contribution < -0.4 is 10.1 Å². The number of nitrogens with one attached hydrogen (secondary N) is 1. The molecule has 1 aliphatic heterocycles. The molecule has 0 aliphatic carbocycles. The number of ether oxygens (including phenoxy) is 1. The highest BCUT2D eigenvalue weighted by atomic mass is 35.5. The number of carbonyl (C=O) groups excluding carboxylic acids is 2. The van der Waals surface area contributed by atoms with Crippen molar-refractivity contribution in [2.45, 2.75) is 31.8 Å². The van der Waals surface area contributed by atoms with Gasteiger partial charge in [-0.05, 0) is 55.7 Å². The van der Waals surface area contributed by atoms with E-state index < -0.39 is 5.82 Å². The summed E-state index contributed by atoms with van der Waals surface area (Å²) in [4.78, 5) is 28.0. The summed E-state index contributed by atoms with van der Waals surface area (Å²) < 4.78 is 18.8. The van der Waals surface area contributed by atoms with Crippen LogP contribution in [0.4, 0.5) is 4.39 Å². The van der Waals surface area contributed by atoms with Gasteiger partial charge >= 0.3 is 0 Å². The fraction of sp³-hybridized carbons (Fsp3) is 0.417. The Kier molecular flexibility index (Phi) is 8.10. The maximum Gasteiger partial charge on any atom is 0.259 e. The summed E-state index contributed by atoms with van der Waals surface area (Å²) in [5.41, 5.74) is 1.53. The first kappa shape index (κ1) is 24.0. The Morgan fingerprint density at radius 1 is 1.19 bits per heavy atom. The molecule has 1 fully saturated rings. The molecule has 0 bridgehead atoms. The number of halogens is 2. The Labute approximate surface area is 193 Å². The van der Waals surface area contributed by atoms with E-state index in [0.29, 0.717) is 11.3 Å². The molecule has 1 atom stereocenters. The molecule has 8 heteroatoms. The summed E-state index contributed by atoms with van der Waals surface area (Å²) in [6.45, 7) is 3.88. The van der Waals surface area contributed by atoms with Gasteiger partial charge in [0.15, 0.2) is 6.61 Å². The lowest BCUT2D eigenvalue weighted by atomic mass is 9.99. The first-order valence-electron chi connectivity index (χ1n) is 10.7. The Balaban J connectivity index is 1.48. The van der Waals surface area contributed by atoms with Crippen molar-refractivity contribution in [3.63, 3.8) is 0 Å². The molecule has 1 N–H and O–H groups in total. The minimum absolute atomic E-state index is 0.0191. The van der Waals surface area contributed by atoms with E-state index in [0.717, 1.165) is 25.9 Å². The highest BCUT2D eigenvalue weighted by Gasteiger charge is 2.25. The Morgan fingerprint density at radius 2 is 1.84 bits per heavy atom. The number of hydrogen-bond acceptors (Lipinski definition) is 4. The zero-order valence-electron chi connectivity index (χ0n) is 18.6. The Hall–Kier alpha value is -2.64. The molecule has 32 heavy (non-hydrogen) atoms. The van der Waals surface area contributed by atoms with Gasteiger partial charge in [0, 0.05) is 44.8 Å². The van der Waals surface area contributed by atoms with Crippen LogP contribution in [0.3, 0.4) is 0 Å². The molecule has 6 nitrogen and oxygen atoms in total. The molecule has 2 amide bonds. The number of amides is 2. The molecule has 0 saturated carbocycles. The predicted molar refractivity (Wildman–Crippen MR) is 123 cm³/mol. The molecular weight excluding hydrogens is 433 g/mol. The zero-order valence-corrected chi connectivity index (χ0v) is 19.4. The van der Waals surface area contributed by atoms with Gasteiger partial charge in [-0.1, -0.05) is 23.7 Å². The standard InChI is InChI=1S/C24H29ClFN3O3/c1-16(17-4-7-20(8-5-17)32-15-23(30)28(2)3)29-12-10-19(11-13-29)27-24(31)18-6-9-22(26)21(25)14-18/h4-9,14,16,19H,10-13,15H2,1-3H3,(H,27,31). The largest absolute Gasteiger partial charge is 0.484 e. The van der Waals surface area contributed by atoms with Crippen LogP contribution in [0.1, 0.15) is 41.7 Å². The molecule has 1 unspecified atom stereocenters. The predicted octanol–water partition coefficient (Wildman–Crippen LogP) is 3.90.